The van der Waals surface area contributed by atoms with E-state index in [1.807, 2.05) is 26.8 Å². The van der Waals surface area contributed by atoms with Crippen molar-refractivity contribution in [3.63, 3.8) is 0 Å². The lowest BCUT2D eigenvalue weighted by atomic mass is 9.94. The Balaban J connectivity index is 2.04. The van der Waals surface area contributed by atoms with Crippen molar-refractivity contribution in [2.45, 2.75) is 103 Å². The fraction of sp³-hybridized carbons (Fsp3) is 0.600. The smallest absolute Gasteiger partial charge is 0.329 e. The first-order valence-corrected chi connectivity index (χ1v) is 14.2. The highest BCUT2D eigenvalue weighted by molar-refractivity contribution is 5.92. The highest BCUT2D eigenvalue weighted by atomic mass is 16.5. The highest BCUT2D eigenvalue weighted by Gasteiger charge is 2.39. The highest BCUT2D eigenvalue weighted by Crippen LogP contribution is 2.27. The predicted molar refractivity (Wildman–Crippen MR) is 153 cm³/mol. The number of carbonyl (C=O) groups is 3. The van der Waals surface area contributed by atoms with Crippen LogP contribution < -0.4 is 5.32 Å². The molecule has 0 radical (unpaired) electrons. The number of likely N-dealkylation sites (tertiary alicyclic amines) is 1. The zero-order chi connectivity index (χ0) is 30.5. The summed E-state index contributed by atoms with van der Waals surface area (Å²) in [6.07, 6.45) is 4.49. The molecule has 5 unspecified atom stereocenters. The molecular formula is C30H42N4O7. The normalized spacial score (nSPS) is 17.5. The number of rotatable bonds is 15. The van der Waals surface area contributed by atoms with Crippen LogP contribution in [0, 0.1) is 22.2 Å². The summed E-state index contributed by atoms with van der Waals surface area (Å²) in [5.41, 5.74) is 1.34. The third-order valence-corrected chi connectivity index (χ3v) is 7.04. The molecule has 1 aromatic rings. The van der Waals surface area contributed by atoms with Gasteiger partial charge in [0.25, 0.3) is 0 Å². The number of allylic oxidation sites excluding steroid dienone is 2. The van der Waals surface area contributed by atoms with E-state index in [-0.39, 0.29) is 42.8 Å². The Bertz CT molecular complexity index is 1140. The molecule has 1 aliphatic rings. The topological polar surface area (TPSA) is 169 Å². The molecule has 0 spiro atoms. The van der Waals surface area contributed by atoms with Gasteiger partial charge in [0, 0.05) is 13.0 Å². The zero-order valence-corrected chi connectivity index (χ0v) is 24.3. The summed E-state index contributed by atoms with van der Waals surface area (Å²) < 4.78 is 5.76. The van der Waals surface area contributed by atoms with Crippen molar-refractivity contribution in [1.29, 1.82) is 5.26 Å². The summed E-state index contributed by atoms with van der Waals surface area (Å²) in [4.78, 5) is 51.4. The van der Waals surface area contributed by atoms with Gasteiger partial charge < -0.3 is 25.2 Å². The minimum atomic E-state index is -1.60. The largest absolute Gasteiger partial charge is 0.506 e. The number of benzene rings is 1. The second kappa shape index (κ2) is 16.5. The Morgan fingerprint density at radius 3 is 2.68 bits per heavy atom. The lowest BCUT2D eigenvalue weighted by molar-refractivity contribution is -0.158. The van der Waals surface area contributed by atoms with Crippen LogP contribution in [0.4, 0.5) is 5.69 Å². The molecule has 1 heterocycles. The number of nitriles is 1. The van der Waals surface area contributed by atoms with Gasteiger partial charge in [-0.3, -0.25) is 9.59 Å². The van der Waals surface area contributed by atoms with Gasteiger partial charge in [0.15, 0.2) is 0 Å². The summed E-state index contributed by atoms with van der Waals surface area (Å²) in [6, 6.07) is 3.67. The first kappa shape index (κ1) is 33.4. The van der Waals surface area contributed by atoms with Gasteiger partial charge in [0.1, 0.15) is 29.6 Å². The summed E-state index contributed by atoms with van der Waals surface area (Å²) in [5, 5.41) is 34.4. The van der Waals surface area contributed by atoms with Gasteiger partial charge in [-0.1, -0.05) is 37.5 Å². The van der Waals surface area contributed by atoms with Crippen LogP contribution in [0.15, 0.2) is 35.0 Å². The first-order valence-electron chi connectivity index (χ1n) is 14.2. The van der Waals surface area contributed by atoms with Crippen molar-refractivity contribution in [3.8, 4) is 11.8 Å². The number of carbonyl (C=O) groups excluding carboxylic acids is 3. The van der Waals surface area contributed by atoms with E-state index in [0.29, 0.717) is 24.8 Å². The quantitative estimate of drug-likeness (QED) is 0.160. The fourth-order valence-corrected chi connectivity index (χ4v) is 5.08. The SMILES string of the molecule is CCCCC(C=C(C)C)CC(C)OC(=O)C1CCCN1C(=O)C(CC#N)NC(=O)C(O)Cc1ccc(O)c(N=O)c1. The van der Waals surface area contributed by atoms with Gasteiger partial charge in [-0.15, -0.1) is 4.91 Å². The van der Waals surface area contributed by atoms with Crippen molar-refractivity contribution in [3.05, 3.63) is 40.3 Å². The van der Waals surface area contributed by atoms with Gasteiger partial charge in [0.2, 0.25) is 11.8 Å². The van der Waals surface area contributed by atoms with E-state index >= 15 is 0 Å². The molecule has 2 amide bonds. The van der Waals surface area contributed by atoms with Crippen LogP contribution in [0.5, 0.6) is 5.75 Å². The van der Waals surface area contributed by atoms with Crippen LogP contribution in [0.3, 0.4) is 0 Å². The molecule has 11 nitrogen and oxygen atoms in total. The van der Waals surface area contributed by atoms with Crippen molar-refractivity contribution in [2.24, 2.45) is 11.1 Å². The fourth-order valence-electron chi connectivity index (χ4n) is 5.08. The molecule has 1 saturated heterocycles. The summed E-state index contributed by atoms with van der Waals surface area (Å²) in [6.45, 7) is 8.34. The van der Waals surface area contributed by atoms with Gasteiger partial charge in [-0.25, -0.2) is 4.79 Å². The summed E-state index contributed by atoms with van der Waals surface area (Å²) in [7, 11) is 0. The van der Waals surface area contributed by atoms with E-state index in [9.17, 15) is 34.8 Å². The van der Waals surface area contributed by atoms with Crippen molar-refractivity contribution in [2.75, 3.05) is 6.54 Å². The van der Waals surface area contributed by atoms with Gasteiger partial charge in [-0.05, 0) is 75.2 Å². The monoisotopic (exact) mass is 570 g/mol. The number of nitroso groups, excluding NO2 is 1. The van der Waals surface area contributed by atoms with Crippen LogP contribution in [0.25, 0.3) is 0 Å². The van der Waals surface area contributed by atoms with Crippen LogP contribution in [-0.2, 0) is 25.5 Å². The Kier molecular flexibility index (Phi) is 13.4. The average Bonchev–Trinajstić information content (AvgIpc) is 3.42. The third kappa shape index (κ3) is 10.3. The average molecular weight is 571 g/mol. The van der Waals surface area contributed by atoms with Crippen LogP contribution >= 0.6 is 0 Å². The molecule has 0 saturated carbocycles. The number of aromatic hydroxyl groups is 1. The molecule has 0 bridgehead atoms. The molecule has 5 atom stereocenters. The molecule has 0 aromatic heterocycles. The first-order chi connectivity index (χ1) is 19.5. The zero-order valence-electron chi connectivity index (χ0n) is 24.3. The Labute approximate surface area is 241 Å². The van der Waals surface area contributed by atoms with Crippen LogP contribution in [0.1, 0.15) is 78.2 Å². The number of phenolic OH excluding ortho intramolecular Hbond substituents is 1. The number of unbranched alkanes of at least 4 members (excludes halogenated alkanes) is 1. The van der Waals surface area contributed by atoms with Gasteiger partial charge in [0.05, 0.1) is 18.6 Å². The van der Waals surface area contributed by atoms with E-state index < -0.39 is 36.0 Å². The maximum atomic E-state index is 13.4. The molecular weight excluding hydrogens is 528 g/mol. The number of nitrogens with zero attached hydrogens (tertiary/aromatic N) is 3. The standard InChI is InChI=1S/C30H42N4O7/c1-5-6-8-21(15-19(2)3)16-20(4)41-30(39)25-9-7-14-34(25)29(38)23(12-13-31)32-28(37)27(36)18-22-10-11-26(35)24(17-22)33-40/h10-11,15,17,20-21,23,25,27,35-36H,5-9,12,14,16,18H2,1-4H3,(H,32,37). The van der Waals surface area contributed by atoms with Crippen molar-refractivity contribution >= 4 is 23.5 Å². The van der Waals surface area contributed by atoms with Gasteiger partial charge >= 0.3 is 5.97 Å². The molecule has 1 aliphatic heterocycles. The number of hydrogen-bond donors (Lipinski definition) is 3. The lowest BCUT2D eigenvalue weighted by Gasteiger charge is -2.29. The number of nitrogens with one attached hydrogen (secondary N) is 1. The molecule has 11 heteroatoms. The van der Waals surface area contributed by atoms with Crippen molar-refractivity contribution < 1.29 is 29.3 Å². The van der Waals surface area contributed by atoms with Crippen LogP contribution in [0.2, 0.25) is 0 Å². The molecule has 3 N–H and O–H groups in total. The molecule has 2 rings (SSSR count). The number of amides is 2. The summed E-state index contributed by atoms with van der Waals surface area (Å²) >= 11 is 0. The number of aliphatic hydroxyl groups excluding tert-OH is 1. The number of phenols is 1. The molecule has 41 heavy (non-hydrogen) atoms. The molecule has 0 aliphatic carbocycles. The Morgan fingerprint density at radius 1 is 1.32 bits per heavy atom. The number of aliphatic hydroxyl groups is 1. The van der Waals surface area contributed by atoms with Gasteiger partial charge in [-0.2, -0.15) is 5.26 Å². The Hall–Kier alpha value is -3.78. The minimum Gasteiger partial charge on any atom is -0.506 e. The minimum absolute atomic E-state index is 0.218. The second-order valence-corrected chi connectivity index (χ2v) is 10.9. The predicted octanol–water partition coefficient (Wildman–Crippen LogP) is 4.18. The lowest BCUT2D eigenvalue weighted by Crippen LogP contribution is -2.53. The van der Waals surface area contributed by atoms with Crippen LogP contribution in [-0.4, -0.2) is 63.7 Å². The van der Waals surface area contributed by atoms with E-state index in [0.717, 1.165) is 19.3 Å². The molecule has 1 aromatic carbocycles. The van der Waals surface area contributed by atoms with E-state index in [4.69, 9.17) is 4.74 Å². The van der Waals surface area contributed by atoms with E-state index in [1.165, 1.54) is 28.7 Å². The molecule has 1 fully saturated rings. The maximum Gasteiger partial charge on any atom is 0.329 e. The second-order valence-electron chi connectivity index (χ2n) is 10.9. The number of ether oxygens (including phenoxy) is 1. The van der Waals surface area contributed by atoms with Crippen molar-refractivity contribution in [1.82, 2.24) is 10.2 Å². The summed E-state index contributed by atoms with van der Waals surface area (Å²) in [5.74, 6) is -2.05. The Morgan fingerprint density at radius 2 is 2.05 bits per heavy atom. The number of hydrogen-bond acceptors (Lipinski definition) is 9. The molecule has 224 valence electrons. The number of esters is 1. The maximum absolute atomic E-state index is 13.4. The van der Waals surface area contributed by atoms with E-state index in [2.05, 4.69) is 23.5 Å². The third-order valence-electron chi connectivity index (χ3n) is 7.04. The van der Waals surface area contributed by atoms with E-state index in [1.54, 1.807) is 0 Å².